The van der Waals surface area contributed by atoms with Crippen molar-refractivity contribution < 1.29 is 4.79 Å². The van der Waals surface area contributed by atoms with E-state index in [9.17, 15) is 10.1 Å². The van der Waals surface area contributed by atoms with Crippen LogP contribution in [0.5, 0.6) is 0 Å². The normalized spacial score (nSPS) is 13.0. The maximum atomic E-state index is 11.5. The molecule has 0 saturated carbocycles. The van der Waals surface area contributed by atoms with Gasteiger partial charge in [-0.05, 0) is 19.3 Å². The number of anilines is 1. The number of nitriles is 1. The first-order chi connectivity index (χ1) is 11.7. The molecule has 122 valence electrons. The molecule has 0 saturated heterocycles. The standard InChI is InChI=1S/C16H15ClN6O/c1-2-3-7-21(11-24)16-12(9-18)10-19-23(16)15-14(17)13-6-4-5-8-22(13)20-15/h1,10-11H,3-8H2. The Morgan fingerprint density at radius 1 is 1.50 bits per heavy atom. The number of nitrogens with zero attached hydrogens (tertiary/aromatic N) is 6. The smallest absolute Gasteiger partial charge is 0.215 e. The van der Waals surface area contributed by atoms with E-state index in [1.807, 2.05) is 10.8 Å². The van der Waals surface area contributed by atoms with Gasteiger partial charge in [0.15, 0.2) is 11.6 Å². The van der Waals surface area contributed by atoms with E-state index in [0.29, 0.717) is 29.5 Å². The fourth-order valence-corrected chi connectivity index (χ4v) is 3.13. The van der Waals surface area contributed by atoms with Gasteiger partial charge in [0, 0.05) is 19.5 Å². The van der Waals surface area contributed by atoms with Gasteiger partial charge in [-0.3, -0.25) is 14.4 Å². The van der Waals surface area contributed by atoms with Crippen LogP contribution >= 0.6 is 11.6 Å². The molecule has 7 nitrogen and oxygen atoms in total. The highest BCUT2D eigenvalue weighted by Crippen LogP contribution is 2.32. The molecule has 0 radical (unpaired) electrons. The first-order valence-corrected chi connectivity index (χ1v) is 7.98. The third-order valence-corrected chi connectivity index (χ3v) is 4.36. The van der Waals surface area contributed by atoms with Crippen LogP contribution in [0.3, 0.4) is 0 Å². The summed E-state index contributed by atoms with van der Waals surface area (Å²) >= 11 is 6.49. The van der Waals surface area contributed by atoms with E-state index in [4.69, 9.17) is 18.0 Å². The number of aromatic nitrogens is 4. The van der Waals surface area contributed by atoms with Gasteiger partial charge in [0.05, 0.1) is 11.9 Å². The molecule has 3 rings (SSSR count). The lowest BCUT2D eigenvalue weighted by molar-refractivity contribution is -0.107. The Hall–Kier alpha value is -2.77. The molecular formula is C16H15ClN6O. The maximum absolute atomic E-state index is 11.5. The van der Waals surface area contributed by atoms with Crippen molar-refractivity contribution in [2.24, 2.45) is 0 Å². The molecule has 24 heavy (non-hydrogen) atoms. The fourth-order valence-electron chi connectivity index (χ4n) is 2.82. The summed E-state index contributed by atoms with van der Waals surface area (Å²) in [5, 5.41) is 18.6. The van der Waals surface area contributed by atoms with Crippen molar-refractivity contribution in [3.63, 3.8) is 0 Å². The third kappa shape index (κ3) is 2.64. The zero-order valence-corrected chi connectivity index (χ0v) is 13.7. The predicted octanol–water partition coefficient (Wildman–Crippen LogP) is 1.92. The van der Waals surface area contributed by atoms with Crippen molar-refractivity contribution in [2.75, 3.05) is 11.4 Å². The molecule has 1 aliphatic heterocycles. The molecule has 0 atom stereocenters. The van der Waals surface area contributed by atoms with Crippen LogP contribution in [0.4, 0.5) is 5.82 Å². The highest BCUT2D eigenvalue weighted by molar-refractivity contribution is 6.33. The molecule has 2 aromatic heterocycles. The molecule has 0 aliphatic carbocycles. The minimum atomic E-state index is 0.265. The summed E-state index contributed by atoms with van der Waals surface area (Å²) in [6.45, 7) is 1.08. The van der Waals surface area contributed by atoms with Crippen LogP contribution in [0, 0.1) is 23.7 Å². The summed E-state index contributed by atoms with van der Waals surface area (Å²) in [6.07, 6.45) is 10.6. The lowest BCUT2D eigenvalue weighted by Gasteiger charge is -2.17. The van der Waals surface area contributed by atoms with E-state index in [0.717, 1.165) is 31.5 Å². The molecular weight excluding hydrogens is 328 g/mol. The number of terminal acetylenes is 1. The molecule has 0 fully saturated rings. The zero-order valence-electron chi connectivity index (χ0n) is 12.9. The van der Waals surface area contributed by atoms with Gasteiger partial charge >= 0.3 is 0 Å². The number of carbonyl (C=O) groups excluding carboxylic acids is 1. The number of halogens is 1. The summed E-state index contributed by atoms with van der Waals surface area (Å²) in [5.74, 6) is 3.25. The molecule has 0 aromatic carbocycles. The minimum Gasteiger partial charge on any atom is -0.297 e. The number of aryl methyl sites for hydroxylation is 1. The van der Waals surface area contributed by atoms with Crippen LogP contribution in [0.25, 0.3) is 5.82 Å². The Kier molecular flexibility index (Phi) is 4.54. The number of hydrogen-bond donors (Lipinski definition) is 0. The van der Waals surface area contributed by atoms with Crippen LogP contribution in [-0.4, -0.2) is 32.5 Å². The average Bonchev–Trinajstić information content (AvgIpc) is 3.17. The summed E-state index contributed by atoms with van der Waals surface area (Å²) in [6, 6.07) is 2.04. The largest absolute Gasteiger partial charge is 0.297 e. The molecule has 0 N–H and O–H groups in total. The Balaban J connectivity index is 2.11. The van der Waals surface area contributed by atoms with Crippen molar-refractivity contribution in [3.8, 4) is 24.2 Å². The van der Waals surface area contributed by atoms with Gasteiger partial charge in [-0.25, -0.2) is 0 Å². The first-order valence-electron chi connectivity index (χ1n) is 7.60. The highest BCUT2D eigenvalue weighted by Gasteiger charge is 2.25. The Morgan fingerprint density at radius 2 is 2.33 bits per heavy atom. The van der Waals surface area contributed by atoms with Gasteiger partial charge in [0.25, 0.3) is 0 Å². The van der Waals surface area contributed by atoms with Crippen LogP contribution < -0.4 is 4.90 Å². The Morgan fingerprint density at radius 3 is 3.00 bits per heavy atom. The Bertz CT molecular complexity index is 853. The number of carbonyl (C=O) groups is 1. The van der Waals surface area contributed by atoms with Gasteiger partial charge in [0.2, 0.25) is 6.41 Å². The minimum absolute atomic E-state index is 0.265. The molecule has 0 bridgehead atoms. The summed E-state index contributed by atoms with van der Waals surface area (Å²) in [7, 11) is 0. The fraction of sp³-hybridized carbons (Fsp3) is 0.375. The zero-order chi connectivity index (χ0) is 17.1. The van der Waals surface area contributed by atoms with E-state index < -0.39 is 0 Å². The molecule has 1 amide bonds. The number of fused-ring (bicyclic) bond motifs is 1. The molecule has 8 heteroatoms. The SMILES string of the molecule is C#CCCN(C=O)c1c(C#N)cnn1-c1nn2c(c1Cl)CCCC2. The van der Waals surface area contributed by atoms with Crippen molar-refractivity contribution in [1.29, 1.82) is 5.26 Å². The van der Waals surface area contributed by atoms with Crippen molar-refractivity contribution in [2.45, 2.75) is 32.2 Å². The summed E-state index contributed by atoms with van der Waals surface area (Å²) in [5.41, 5.74) is 1.22. The summed E-state index contributed by atoms with van der Waals surface area (Å²) < 4.78 is 3.31. The van der Waals surface area contributed by atoms with E-state index in [1.165, 1.54) is 15.8 Å². The number of amides is 1. The lowest BCUT2D eigenvalue weighted by Crippen LogP contribution is -2.26. The van der Waals surface area contributed by atoms with Gasteiger partial charge in [0.1, 0.15) is 16.7 Å². The van der Waals surface area contributed by atoms with Gasteiger partial charge in [-0.1, -0.05) is 11.6 Å². The van der Waals surface area contributed by atoms with Gasteiger partial charge < -0.3 is 0 Å². The van der Waals surface area contributed by atoms with E-state index in [-0.39, 0.29) is 12.1 Å². The first kappa shape index (κ1) is 16.1. The second kappa shape index (κ2) is 6.77. The number of hydrogen-bond acceptors (Lipinski definition) is 4. The number of rotatable bonds is 5. The molecule has 2 aromatic rings. The monoisotopic (exact) mass is 342 g/mol. The van der Waals surface area contributed by atoms with Crippen LogP contribution in [0.1, 0.15) is 30.5 Å². The van der Waals surface area contributed by atoms with E-state index in [2.05, 4.69) is 16.1 Å². The quantitative estimate of drug-likeness (QED) is 0.614. The molecule has 0 spiro atoms. The molecule has 3 heterocycles. The van der Waals surface area contributed by atoms with Crippen molar-refractivity contribution in [3.05, 3.63) is 22.5 Å². The van der Waals surface area contributed by atoms with Crippen molar-refractivity contribution >= 4 is 23.8 Å². The van der Waals surface area contributed by atoms with E-state index >= 15 is 0 Å². The lowest BCUT2D eigenvalue weighted by atomic mass is 10.1. The Labute approximate surface area is 144 Å². The highest BCUT2D eigenvalue weighted by atomic mass is 35.5. The summed E-state index contributed by atoms with van der Waals surface area (Å²) in [4.78, 5) is 12.8. The molecule has 0 unspecified atom stereocenters. The molecule has 1 aliphatic rings. The topological polar surface area (TPSA) is 79.7 Å². The third-order valence-electron chi connectivity index (χ3n) is 3.97. The second-order valence-corrected chi connectivity index (χ2v) is 5.80. The van der Waals surface area contributed by atoms with Gasteiger partial charge in [-0.2, -0.15) is 20.1 Å². The van der Waals surface area contributed by atoms with Crippen LogP contribution in [0.2, 0.25) is 5.02 Å². The maximum Gasteiger partial charge on any atom is 0.215 e. The van der Waals surface area contributed by atoms with Crippen LogP contribution in [-0.2, 0) is 17.8 Å². The van der Waals surface area contributed by atoms with Crippen LogP contribution in [0.15, 0.2) is 6.20 Å². The average molecular weight is 343 g/mol. The van der Waals surface area contributed by atoms with Crippen molar-refractivity contribution in [1.82, 2.24) is 19.6 Å². The van der Waals surface area contributed by atoms with Gasteiger partial charge in [-0.15, -0.1) is 12.3 Å². The van der Waals surface area contributed by atoms with E-state index in [1.54, 1.807) is 0 Å². The second-order valence-electron chi connectivity index (χ2n) is 5.42. The predicted molar refractivity (Wildman–Crippen MR) is 88.9 cm³/mol.